The van der Waals surface area contributed by atoms with Crippen LogP contribution in [0.1, 0.15) is 11.3 Å². The first kappa shape index (κ1) is 13.8. The average molecular weight is 269 g/mol. The van der Waals surface area contributed by atoms with Gasteiger partial charge in [0.25, 0.3) is 5.91 Å². The van der Waals surface area contributed by atoms with Crippen LogP contribution in [0.5, 0.6) is 0 Å². The predicted molar refractivity (Wildman–Crippen MR) is 77.7 cm³/mol. The van der Waals surface area contributed by atoms with E-state index in [0.29, 0.717) is 0 Å². The van der Waals surface area contributed by atoms with Gasteiger partial charge in [-0.25, -0.2) is 10.5 Å². The molecular formula is C15H15N3O2. The lowest BCUT2D eigenvalue weighted by Crippen LogP contribution is -2.14. The van der Waals surface area contributed by atoms with Gasteiger partial charge >= 0.3 is 0 Å². The largest absolute Gasteiger partial charge is 0.340 e. The highest BCUT2D eigenvalue weighted by Gasteiger charge is 1.97. The van der Waals surface area contributed by atoms with E-state index in [4.69, 9.17) is 5.21 Å². The first-order chi connectivity index (χ1) is 9.67. The number of amides is 1. The SMILES string of the molecule is Cc1cccc(Nc2ccc(C=CC(=O)NO)cc2)n1. The molecule has 0 aliphatic rings. The van der Waals surface area contributed by atoms with Gasteiger partial charge in [-0.2, -0.15) is 0 Å². The van der Waals surface area contributed by atoms with Crippen molar-refractivity contribution in [1.82, 2.24) is 10.5 Å². The van der Waals surface area contributed by atoms with Gasteiger partial charge in [-0.15, -0.1) is 0 Å². The van der Waals surface area contributed by atoms with Crippen molar-refractivity contribution in [2.45, 2.75) is 6.92 Å². The number of hydrogen-bond donors (Lipinski definition) is 3. The van der Waals surface area contributed by atoms with Crippen LogP contribution in [0.25, 0.3) is 6.08 Å². The normalized spacial score (nSPS) is 10.5. The number of anilines is 2. The van der Waals surface area contributed by atoms with E-state index in [1.54, 1.807) is 6.08 Å². The highest BCUT2D eigenvalue weighted by Crippen LogP contribution is 2.16. The molecule has 1 aromatic heterocycles. The number of rotatable bonds is 4. The van der Waals surface area contributed by atoms with E-state index in [1.165, 1.54) is 11.6 Å². The summed E-state index contributed by atoms with van der Waals surface area (Å²) < 4.78 is 0. The lowest BCUT2D eigenvalue weighted by Gasteiger charge is -2.06. The lowest BCUT2D eigenvalue weighted by atomic mass is 10.2. The standard InChI is InChI=1S/C15H15N3O2/c1-11-3-2-4-14(16-11)17-13-8-5-12(6-9-13)7-10-15(19)18-20/h2-10,20H,1H3,(H,16,17)(H,18,19). The van der Waals surface area contributed by atoms with Gasteiger partial charge in [0.15, 0.2) is 0 Å². The molecule has 0 spiro atoms. The Balaban J connectivity index is 2.05. The molecule has 0 bridgehead atoms. The van der Waals surface area contributed by atoms with Crippen LogP contribution >= 0.6 is 0 Å². The maximum absolute atomic E-state index is 10.9. The molecule has 2 aromatic rings. The van der Waals surface area contributed by atoms with E-state index in [0.717, 1.165) is 22.8 Å². The summed E-state index contributed by atoms with van der Waals surface area (Å²) in [5, 5.41) is 11.6. The van der Waals surface area contributed by atoms with Gasteiger partial charge < -0.3 is 5.32 Å². The number of aromatic nitrogens is 1. The molecule has 0 radical (unpaired) electrons. The summed E-state index contributed by atoms with van der Waals surface area (Å²) in [6.07, 6.45) is 2.87. The van der Waals surface area contributed by atoms with Crippen molar-refractivity contribution in [3.8, 4) is 0 Å². The molecule has 0 aliphatic carbocycles. The van der Waals surface area contributed by atoms with Crippen LogP contribution in [0, 0.1) is 6.92 Å². The third-order valence-corrected chi connectivity index (χ3v) is 2.61. The molecule has 1 heterocycles. The molecule has 0 saturated heterocycles. The van der Waals surface area contributed by atoms with Gasteiger partial charge in [-0.1, -0.05) is 18.2 Å². The van der Waals surface area contributed by atoms with E-state index < -0.39 is 5.91 Å². The topological polar surface area (TPSA) is 74.2 Å². The highest BCUT2D eigenvalue weighted by atomic mass is 16.5. The minimum absolute atomic E-state index is 0.559. The summed E-state index contributed by atoms with van der Waals surface area (Å²) in [7, 11) is 0. The van der Waals surface area contributed by atoms with Crippen molar-refractivity contribution in [3.05, 3.63) is 59.8 Å². The molecule has 5 heteroatoms. The number of hydrogen-bond acceptors (Lipinski definition) is 4. The van der Waals surface area contributed by atoms with Crippen LogP contribution in [0.15, 0.2) is 48.5 Å². The van der Waals surface area contributed by atoms with Crippen LogP contribution in [0.3, 0.4) is 0 Å². The van der Waals surface area contributed by atoms with Crippen LogP contribution in [0.4, 0.5) is 11.5 Å². The van der Waals surface area contributed by atoms with E-state index in [1.807, 2.05) is 49.4 Å². The zero-order valence-corrected chi connectivity index (χ0v) is 11.0. The summed E-state index contributed by atoms with van der Waals surface area (Å²) in [4.78, 5) is 15.2. The molecular weight excluding hydrogens is 254 g/mol. The molecule has 20 heavy (non-hydrogen) atoms. The van der Waals surface area contributed by atoms with Crippen molar-refractivity contribution in [2.75, 3.05) is 5.32 Å². The van der Waals surface area contributed by atoms with E-state index >= 15 is 0 Å². The summed E-state index contributed by atoms with van der Waals surface area (Å²) in [6, 6.07) is 13.3. The summed E-state index contributed by atoms with van der Waals surface area (Å²) >= 11 is 0. The number of carbonyl (C=O) groups excluding carboxylic acids is 1. The van der Waals surface area contributed by atoms with Gasteiger partial charge in [0.2, 0.25) is 0 Å². The molecule has 1 aromatic carbocycles. The Bertz CT molecular complexity index is 621. The molecule has 0 aliphatic heterocycles. The molecule has 0 atom stereocenters. The summed E-state index contributed by atoms with van der Waals surface area (Å²) in [6.45, 7) is 1.94. The maximum Gasteiger partial charge on any atom is 0.267 e. The first-order valence-corrected chi connectivity index (χ1v) is 6.10. The predicted octanol–water partition coefficient (Wildman–Crippen LogP) is 2.65. The maximum atomic E-state index is 10.9. The number of nitrogens with one attached hydrogen (secondary N) is 2. The lowest BCUT2D eigenvalue weighted by molar-refractivity contribution is -0.124. The van der Waals surface area contributed by atoms with Gasteiger partial charge in [0.05, 0.1) is 0 Å². The number of nitrogens with zero attached hydrogens (tertiary/aromatic N) is 1. The summed E-state index contributed by atoms with van der Waals surface area (Å²) in [5.74, 6) is 0.226. The quantitative estimate of drug-likeness (QED) is 0.453. The van der Waals surface area contributed by atoms with Crippen molar-refractivity contribution in [2.24, 2.45) is 0 Å². The minimum atomic E-state index is -0.559. The zero-order valence-electron chi connectivity index (χ0n) is 11.0. The zero-order chi connectivity index (χ0) is 14.4. The Morgan fingerprint density at radius 3 is 2.60 bits per heavy atom. The number of hydroxylamine groups is 1. The Labute approximate surface area is 116 Å². The van der Waals surface area contributed by atoms with E-state index in [2.05, 4.69) is 10.3 Å². The number of aryl methyl sites for hydroxylation is 1. The number of benzene rings is 1. The van der Waals surface area contributed by atoms with Crippen LogP contribution in [0.2, 0.25) is 0 Å². The second-order valence-electron chi connectivity index (χ2n) is 4.22. The Kier molecular flexibility index (Phi) is 4.47. The molecule has 1 amide bonds. The number of pyridine rings is 1. The van der Waals surface area contributed by atoms with E-state index in [-0.39, 0.29) is 0 Å². The fourth-order valence-corrected chi connectivity index (χ4v) is 1.65. The molecule has 102 valence electrons. The Hall–Kier alpha value is -2.66. The smallest absolute Gasteiger partial charge is 0.267 e. The van der Waals surface area contributed by atoms with Crippen molar-refractivity contribution < 1.29 is 10.0 Å². The second-order valence-corrected chi connectivity index (χ2v) is 4.22. The second kappa shape index (κ2) is 6.49. The average Bonchev–Trinajstić information content (AvgIpc) is 2.46. The van der Waals surface area contributed by atoms with Gasteiger partial charge in [-0.05, 0) is 42.8 Å². The molecule has 2 rings (SSSR count). The molecule has 0 saturated carbocycles. The third-order valence-electron chi connectivity index (χ3n) is 2.61. The monoisotopic (exact) mass is 269 g/mol. The highest BCUT2D eigenvalue weighted by molar-refractivity contribution is 5.90. The Morgan fingerprint density at radius 1 is 1.20 bits per heavy atom. The third kappa shape index (κ3) is 3.93. The van der Waals surface area contributed by atoms with Gasteiger partial charge in [-0.3, -0.25) is 10.0 Å². The fourth-order valence-electron chi connectivity index (χ4n) is 1.65. The molecule has 3 N–H and O–H groups in total. The van der Waals surface area contributed by atoms with E-state index in [9.17, 15) is 4.79 Å². The first-order valence-electron chi connectivity index (χ1n) is 6.10. The molecule has 0 fully saturated rings. The fraction of sp³-hybridized carbons (Fsp3) is 0.0667. The number of carbonyl (C=O) groups is 1. The van der Waals surface area contributed by atoms with Crippen molar-refractivity contribution in [1.29, 1.82) is 0 Å². The van der Waals surface area contributed by atoms with Gasteiger partial charge in [0.1, 0.15) is 5.82 Å². The van der Waals surface area contributed by atoms with Crippen LogP contribution in [-0.2, 0) is 4.79 Å². The van der Waals surface area contributed by atoms with Crippen LogP contribution < -0.4 is 10.8 Å². The van der Waals surface area contributed by atoms with Gasteiger partial charge in [0, 0.05) is 17.5 Å². The van der Waals surface area contributed by atoms with Crippen molar-refractivity contribution >= 4 is 23.5 Å². The summed E-state index contributed by atoms with van der Waals surface area (Å²) in [5.41, 5.74) is 4.25. The van der Waals surface area contributed by atoms with Crippen molar-refractivity contribution in [3.63, 3.8) is 0 Å². The molecule has 0 unspecified atom stereocenters. The minimum Gasteiger partial charge on any atom is -0.340 e. The Morgan fingerprint density at radius 2 is 1.95 bits per heavy atom. The van der Waals surface area contributed by atoms with Crippen LogP contribution in [-0.4, -0.2) is 16.1 Å². The molecule has 5 nitrogen and oxygen atoms in total.